The molecule has 0 unspecified atom stereocenters. The van der Waals surface area contributed by atoms with Gasteiger partial charge in [0.2, 0.25) is 0 Å². The van der Waals surface area contributed by atoms with Crippen LogP contribution in [0, 0.1) is 27.7 Å². The molecule has 4 aromatic rings. The van der Waals surface area contributed by atoms with Crippen LogP contribution in [-0.2, 0) is 12.2 Å². The first-order chi connectivity index (χ1) is 16.0. The van der Waals surface area contributed by atoms with E-state index in [9.17, 15) is 9.90 Å². The summed E-state index contributed by atoms with van der Waals surface area (Å²) in [6.07, 6.45) is 4.83. The lowest BCUT2D eigenvalue weighted by Gasteiger charge is -2.18. The standard InChI is InChI=1S/C25H27N5O4/c1-14-9-22(34-13-19-12-33-17(4)28-19)15(2)23(31)30(14)21-10-18(11-27-16(21)3)20-7-8-26-24(29-20)25(5,6)32/h7-12,32H,13H2,1-6H3. The summed E-state index contributed by atoms with van der Waals surface area (Å²) in [5, 5.41) is 10.3. The second-order valence-corrected chi connectivity index (χ2v) is 8.72. The molecule has 176 valence electrons. The van der Waals surface area contributed by atoms with Crippen molar-refractivity contribution in [1.29, 1.82) is 0 Å². The van der Waals surface area contributed by atoms with Crippen LogP contribution >= 0.6 is 0 Å². The summed E-state index contributed by atoms with van der Waals surface area (Å²) < 4.78 is 12.7. The molecule has 9 nitrogen and oxygen atoms in total. The van der Waals surface area contributed by atoms with E-state index in [1.807, 2.05) is 26.0 Å². The average Bonchev–Trinajstić information content (AvgIpc) is 3.21. The molecule has 1 N–H and O–H groups in total. The van der Waals surface area contributed by atoms with E-state index in [2.05, 4.69) is 19.9 Å². The highest BCUT2D eigenvalue weighted by Gasteiger charge is 2.21. The number of nitrogens with zero attached hydrogens (tertiary/aromatic N) is 5. The van der Waals surface area contributed by atoms with E-state index in [0.717, 1.165) is 0 Å². The fraction of sp³-hybridized carbons (Fsp3) is 0.320. The molecule has 0 saturated heterocycles. The van der Waals surface area contributed by atoms with Crippen molar-refractivity contribution < 1.29 is 14.3 Å². The molecule has 4 heterocycles. The molecule has 0 aliphatic heterocycles. The van der Waals surface area contributed by atoms with Crippen molar-refractivity contribution in [3.8, 4) is 22.7 Å². The number of hydrogen-bond donors (Lipinski definition) is 1. The highest BCUT2D eigenvalue weighted by molar-refractivity contribution is 5.62. The van der Waals surface area contributed by atoms with Gasteiger partial charge in [-0.15, -0.1) is 0 Å². The fourth-order valence-corrected chi connectivity index (χ4v) is 3.57. The maximum absolute atomic E-state index is 13.4. The lowest BCUT2D eigenvalue weighted by atomic mass is 10.1. The number of rotatable bonds is 6. The number of aryl methyl sites for hydroxylation is 3. The van der Waals surface area contributed by atoms with Crippen molar-refractivity contribution in [1.82, 2.24) is 24.5 Å². The van der Waals surface area contributed by atoms with E-state index in [0.29, 0.717) is 57.1 Å². The molecular formula is C25H27N5O4. The van der Waals surface area contributed by atoms with Gasteiger partial charge in [-0.2, -0.15) is 0 Å². The van der Waals surface area contributed by atoms with E-state index in [-0.39, 0.29) is 12.2 Å². The summed E-state index contributed by atoms with van der Waals surface area (Å²) >= 11 is 0. The van der Waals surface area contributed by atoms with Gasteiger partial charge in [0.05, 0.1) is 22.6 Å². The predicted octanol–water partition coefficient (Wildman–Crippen LogP) is 3.72. The Bertz CT molecular complexity index is 1420. The van der Waals surface area contributed by atoms with Crippen molar-refractivity contribution in [3.63, 3.8) is 0 Å². The first-order valence-electron chi connectivity index (χ1n) is 10.8. The second-order valence-electron chi connectivity index (χ2n) is 8.72. The summed E-state index contributed by atoms with van der Waals surface area (Å²) in [6.45, 7) is 10.6. The number of ether oxygens (including phenoxy) is 1. The van der Waals surface area contributed by atoms with E-state index in [1.54, 1.807) is 50.7 Å². The van der Waals surface area contributed by atoms with Crippen molar-refractivity contribution in [3.05, 3.63) is 81.6 Å². The zero-order chi connectivity index (χ0) is 24.6. The molecule has 0 amide bonds. The van der Waals surface area contributed by atoms with E-state index in [4.69, 9.17) is 9.15 Å². The van der Waals surface area contributed by atoms with Crippen molar-refractivity contribution in [2.24, 2.45) is 0 Å². The van der Waals surface area contributed by atoms with Crippen LogP contribution in [0.25, 0.3) is 16.9 Å². The largest absolute Gasteiger partial charge is 0.487 e. The van der Waals surface area contributed by atoms with Gasteiger partial charge in [0.1, 0.15) is 29.9 Å². The summed E-state index contributed by atoms with van der Waals surface area (Å²) in [5.41, 5.74) is 3.09. The molecule has 0 spiro atoms. The number of aromatic nitrogens is 5. The van der Waals surface area contributed by atoms with Crippen molar-refractivity contribution in [2.45, 2.75) is 53.8 Å². The van der Waals surface area contributed by atoms with Gasteiger partial charge in [0.15, 0.2) is 11.7 Å². The van der Waals surface area contributed by atoms with Crippen molar-refractivity contribution in [2.75, 3.05) is 0 Å². The molecule has 4 aromatic heterocycles. The molecule has 0 aliphatic carbocycles. The first-order valence-corrected chi connectivity index (χ1v) is 10.8. The highest BCUT2D eigenvalue weighted by Crippen LogP contribution is 2.25. The number of oxazole rings is 1. The topological polar surface area (TPSA) is 116 Å². The molecule has 0 bridgehead atoms. The van der Waals surface area contributed by atoms with E-state index >= 15 is 0 Å². The monoisotopic (exact) mass is 461 g/mol. The van der Waals surface area contributed by atoms with Crippen LogP contribution in [0.1, 0.15) is 48.2 Å². The Hall–Kier alpha value is -3.85. The van der Waals surface area contributed by atoms with Gasteiger partial charge in [-0.05, 0) is 46.8 Å². The van der Waals surface area contributed by atoms with Crippen molar-refractivity contribution >= 4 is 0 Å². The van der Waals surface area contributed by atoms with Crippen LogP contribution in [0.2, 0.25) is 0 Å². The highest BCUT2D eigenvalue weighted by atomic mass is 16.5. The Kier molecular flexibility index (Phi) is 6.05. The summed E-state index contributed by atoms with van der Waals surface area (Å²) in [4.78, 5) is 30.8. The molecule has 9 heteroatoms. The minimum Gasteiger partial charge on any atom is -0.487 e. The van der Waals surface area contributed by atoms with Gasteiger partial charge in [-0.1, -0.05) is 0 Å². The Labute approximate surface area is 197 Å². The van der Waals surface area contributed by atoms with Crippen LogP contribution in [0.15, 0.2) is 46.1 Å². The molecule has 0 aromatic carbocycles. The molecule has 4 rings (SSSR count). The molecular weight excluding hydrogens is 434 g/mol. The second kappa shape index (κ2) is 8.83. The molecule has 0 aliphatic rings. The van der Waals surface area contributed by atoms with Gasteiger partial charge in [-0.25, -0.2) is 15.0 Å². The summed E-state index contributed by atoms with van der Waals surface area (Å²) in [5.74, 6) is 1.36. The van der Waals surface area contributed by atoms with Gasteiger partial charge in [0, 0.05) is 36.6 Å². The third kappa shape index (κ3) is 4.60. The zero-order valence-electron chi connectivity index (χ0n) is 20.1. The van der Waals surface area contributed by atoms with Crippen LogP contribution in [0.4, 0.5) is 0 Å². The van der Waals surface area contributed by atoms with E-state index < -0.39 is 5.60 Å². The number of aliphatic hydroxyl groups is 1. The van der Waals surface area contributed by atoms with Crippen LogP contribution in [0.5, 0.6) is 5.75 Å². The number of pyridine rings is 2. The minimum absolute atomic E-state index is 0.201. The maximum Gasteiger partial charge on any atom is 0.261 e. The lowest BCUT2D eigenvalue weighted by Crippen LogP contribution is -2.24. The van der Waals surface area contributed by atoms with Crippen LogP contribution in [0.3, 0.4) is 0 Å². The molecule has 0 atom stereocenters. The molecule has 0 saturated carbocycles. The zero-order valence-corrected chi connectivity index (χ0v) is 20.1. The average molecular weight is 462 g/mol. The third-order valence-corrected chi connectivity index (χ3v) is 5.43. The molecule has 0 radical (unpaired) electrons. The first kappa shape index (κ1) is 23.3. The summed E-state index contributed by atoms with van der Waals surface area (Å²) in [6, 6.07) is 5.44. The number of hydrogen-bond acceptors (Lipinski definition) is 8. The van der Waals surface area contributed by atoms with Gasteiger partial charge in [0.25, 0.3) is 5.56 Å². The van der Waals surface area contributed by atoms with Gasteiger partial charge in [-0.3, -0.25) is 14.3 Å². The Morgan fingerprint density at radius 3 is 2.56 bits per heavy atom. The van der Waals surface area contributed by atoms with Crippen LogP contribution < -0.4 is 10.3 Å². The quantitative estimate of drug-likeness (QED) is 0.462. The SMILES string of the molecule is Cc1nc(COc2cc(C)n(-c3cc(-c4ccnc(C(C)(C)O)n4)cnc3C)c(=O)c2C)co1. The van der Waals surface area contributed by atoms with Gasteiger partial charge < -0.3 is 14.3 Å². The molecule has 34 heavy (non-hydrogen) atoms. The van der Waals surface area contributed by atoms with E-state index in [1.165, 1.54) is 6.26 Å². The maximum atomic E-state index is 13.4. The Morgan fingerprint density at radius 1 is 1.12 bits per heavy atom. The predicted molar refractivity (Wildman–Crippen MR) is 126 cm³/mol. The Balaban J connectivity index is 1.73. The fourth-order valence-electron chi connectivity index (χ4n) is 3.57. The van der Waals surface area contributed by atoms with Crippen LogP contribution in [-0.4, -0.2) is 29.6 Å². The Morgan fingerprint density at radius 2 is 1.88 bits per heavy atom. The molecule has 0 fully saturated rings. The van der Waals surface area contributed by atoms with Gasteiger partial charge >= 0.3 is 0 Å². The lowest BCUT2D eigenvalue weighted by molar-refractivity contribution is 0.0688. The third-order valence-electron chi connectivity index (χ3n) is 5.43. The minimum atomic E-state index is -1.18. The normalized spacial score (nSPS) is 11.6. The smallest absolute Gasteiger partial charge is 0.261 e. The summed E-state index contributed by atoms with van der Waals surface area (Å²) in [7, 11) is 0.